The first-order valence-electron chi connectivity index (χ1n) is 8.41. The van der Waals surface area contributed by atoms with Gasteiger partial charge in [0.05, 0.1) is 12.8 Å². The third-order valence-electron chi connectivity index (χ3n) is 4.74. The molecule has 1 aromatic rings. The minimum absolute atomic E-state index is 0.0743. The molecule has 23 heavy (non-hydrogen) atoms. The van der Waals surface area contributed by atoms with Crippen LogP contribution in [-0.4, -0.2) is 42.3 Å². The number of likely N-dealkylation sites (tertiary alicyclic amines) is 1. The number of para-hydroxylation sites is 1. The number of hydrogen-bond acceptors (Lipinski definition) is 4. The normalized spacial score (nSPS) is 24.1. The molecule has 0 unspecified atom stereocenters. The fourth-order valence-corrected chi connectivity index (χ4v) is 3.45. The number of benzene rings is 1. The van der Waals surface area contributed by atoms with E-state index in [1.807, 2.05) is 29.2 Å². The fourth-order valence-electron chi connectivity index (χ4n) is 3.45. The van der Waals surface area contributed by atoms with Crippen LogP contribution in [0.4, 0.5) is 0 Å². The number of piperidine rings is 1. The van der Waals surface area contributed by atoms with Gasteiger partial charge in [-0.3, -0.25) is 4.79 Å². The first-order valence-corrected chi connectivity index (χ1v) is 8.41. The second-order valence-corrected chi connectivity index (χ2v) is 6.13. The molecule has 0 radical (unpaired) electrons. The number of carbonyl (C=O) groups is 1. The van der Waals surface area contributed by atoms with Crippen LogP contribution in [0.25, 0.3) is 0 Å². The maximum atomic E-state index is 12.8. The average molecular weight is 316 g/mol. The fraction of sp³-hybridized carbons (Fsp3) is 0.556. The third-order valence-corrected chi connectivity index (χ3v) is 4.74. The third kappa shape index (κ3) is 3.19. The van der Waals surface area contributed by atoms with Gasteiger partial charge in [-0.15, -0.1) is 0 Å². The molecule has 1 amide bonds. The number of ether oxygens (including phenoxy) is 1. The molecule has 3 rings (SSSR count). The van der Waals surface area contributed by atoms with Crippen molar-refractivity contribution in [1.82, 2.24) is 4.90 Å². The number of amides is 1. The van der Waals surface area contributed by atoms with Crippen molar-refractivity contribution in [3.8, 4) is 5.75 Å². The molecule has 1 fully saturated rings. The Labute approximate surface area is 137 Å². The predicted octanol–water partition coefficient (Wildman–Crippen LogP) is 2.98. The van der Waals surface area contributed by atoms with E-state index in [0.717, 1.165) is 42.8 Å². The van der Waals surface area contributed by atoms with Crippen molar-refractivity contribution in [3.63, 3.8) is 0 Å². The molecular formula is C18H24N2O3. The molecule has 1 saturated heterocycles. The average Bonchev–Trinajstić information content (AvgIpc) is 3.11. The lowest BCUT2D eigenvalue weighted by Crippen LogP contribution is -2.48. The number of methoxy groups -OCH3 is 1. The van der Waals surface area contributed by atoms with Crippen LogP contribution >= 0.6 is 0 Å². The van der Waals surface area contributed by atoms with Crippen molar-refractivity contribution in [2.45, 2.75) is 51.2 Å². The van der Waals surface area contributed by atoms with E-state index in [1.54, 1.807) is 7.11 Å². The summed E-state index contributed by atoms with van der Waals surface area (Å²) in [5.41, 5.74) is 1.68. The summed E-state index contributed by atoms with van der Waals surface area (Å²) in [5, 5.41) is 4.15. The lowest BCUT2D eigenvalue weighted by atomic mass is 9.98. The molecule has 5 nitrogen and oxygen atoms in total. The second-order valence-electron chi connectivity index (χ2n) is 6.13. The van der Waals surface area contributed by atoms with E-state index in [1.165, 1.54) is 6.42 Å². The van der Waals surface area contributed by atoms with E-state index >= 15 is 0 Å². The second kappa shape index (κ2) is 7.02. The van der Waals surface area contributed by atoms with E-state index in [2.05, 4.69) is 12.1 Å². The van der Waals surface area contributed by atoms with Crippen LogP contribution in [-0.2, 0) is 9.63 Å². The predicted molar refractivity (Wildman–Crippen MR) is 88.7 cm³/mol. The highest BCUT2D eigenvalue weighted by molar-refractivity contribution is 6.05. The molecule has 2 atom stereocenters. The number of hydrogen-bond donors (Lipinski definition) is 0. The van der Waals surface area contributed by atoms with Crippen LogP contribution in [0, 0.1) is 0 Å². The molecule has 2 aliphatic heterocycles. The van der Waals surface area contributed by atoms with Gasteiger partial charge in [0.2, 0.25) is 6.10 Å². The Kier molecular flexibility index (Phi) is 4.84. The van der Waals surface area contributed by atoms with Gasteiger partial charge >= 0.3 is 0 Å². The van der Waals surface area contributed by atoms with Crippen LogP contribution in [0.1, 0.15) is 44.6 Å². The van der Waals surface area contributed by atoms with Gasteiger partial charge in [-0.1, -0.05) is 24.2 Å². The molecule has 0 aromatic heterocycles. The molecule has 124 valence electrons. The standard InChI is InChI=1S/C18H24N2O3/c1-3-13-8-6-7-11-20(13)18(21)17-12-15(19-23-17)14-9-4-5-10-16(14)22-2/h4-5,9-10,13,17H,3,6-8,11-12H2,1-2H3/t13-,17-/m1/s1. The first kappa shape index (κ1) is 15.8. The lowest BCUT2D eigenvalue weighted by Gasteiger charge is -2.36. The molecule has 0 bridgehead atoms. The summed E-state index contributed by atoms with van der Waals surface area (Å²) in [7, 11) is 1.64. The van der Waals surface area contributed by atoms with Crippen LogP contribution in [0.15, 0.2) is 29.4 Å². The minimum Gasteiger partial charge on any atom is -0.496 e. The Balaban J connectivity index is 1.70. The first-order chi connectivity index (χ1) is 11.2. The van der Waals surface area contributed by atoms with Gasteiger partial charge in [0, 0.05) is 24.6 Å². The van der Waals surface area contributed by atoms with Gasteiger partial charge in [0.15, 0.2) is 0 Å². The zero-order chi connectivity index (χ0) is 16.2. The molecular weight excluding hydrogens is 292 g/mol. The maximum absolute atomic E-state index is 12.8. The molecule has 1 aromatic carbocycles. The lowest BCUT2D eigenvalue weighted by molar-refractivity contribution is -0.146. The maximum Gasteiger partial charge on any atom is 0.267 e. The molecule has 2 heterocycles. The molecule has 2 aliphatic rings. The molecule has 0 N–H and O–H groups in total. The van der Waals surface area contributed by atoms with Gasteiger partial charge in [0.1, 0.15) is 5.75 Å². The van der Waals surface area contributed by atoms with Gasteiger partial charge < -0.3 is 14.5 Å². The Bertz CT molecular complexity index is 600. The number of oxime groups is 1. The number of carbonyl (C=O) groups excluding carboxylic acids is 1. The Morgan fingerprint density at radius 2 is 2.22 bits per heavy atom. The Morgan fingerprint density at radius 1 is 1.39 bits per heavy atom. The Morgan fingerprint density at radius 3 is 3.00 bits per heavy atom. The van der Waals surface area contributed by atoms with Crippen LogP contribution < -0.4 is 4.74 Å². The van der Waals surface area contributed by atoms with Gasteiger partial charge in [0.25, 0.3) is 5.91 Å². The van der Waals surface area contributed by atoms with E-state index < -0.39 is 6.10 Å². The summed E-state index contributed by atoms with van der Waals surface area (Å²) >= 11 is 0. The van der Waals surface area contributed by atoms with Crippen molar-refractivity contribution >= 4 is 11.6 Å². The zero-order valence-electron chi connectivity index (χ0n) is 13.8. The summed E-state index contributed by atoms with van der Waals surface area (Å²) in [6, 6.07) is 8.04. The molecule has 5 heteroatoms. The SMILES string of the molecule is CC[C@@H]1CCCCN1C(=O)[C@H]1CC(c2ccccc2OC)=NO1. The van der Waals surface area contributed by atoms with Crippen LogP contribution in [0.5, 0.6) is 5.75 Å². The zero-order valence-corrected chi connectivity index (χ0v) is 13.8. The highest BCUT2D eigenvalue weighted by Crippen LogP contribution is 2.27. The van der Waals surface area contributed by atoms with Crippen molar-refractivity contribution < 1.29 is 14.4 Å². The topological polar surface area (TPSA) is 51.1 Å². The Hall–Kier alpha value is -2.04. The van der Waals surface area contributed by atoms with E-state index in [0.29, 0.717) is 12.5 Å². The molecule has 0 aliphatic carbocycles. The van der Waals surface area contributed by atoms with Crippen LogP contribution in [0.3, 0.4) is 0 Å². The highest BCUT2D eigenvalue weighted by Gasteiger charge is 2.36. The summed E-state index contributed by atoms with van der Waals surface area (Å²) in [6.07, 6.45) is 4.38. The van der Waals surface area contributed by atoms with Crippen molar-refractivity contribution in [1.29, 1.82) is 0 Å². The molecule has 0 saturated carbocycles. The van der Waals surface area contributed by atoms with Crippen molar-refractivity contribution in [3.05, 3.63) is 29.8 Å². The number of nitrogens with zero attached hydrogens (tertiary/aromatic N) is 2. The highest BCUT2D eigenvalue weighted by atomic mass is 16.6. The minimum atomic E-state index is -0.498. The summed E-state index contributed by atoms with van der Waals surface area (Å²) < 4.78 is 5.37. The van der Waals surface area contributed by atoms with E-state index in [4.69, 9.17) is 9.57 Å². The smallest absolute Gasteiger partial charge is 0.267 e. The van der Waals surface area contributed by atoms with E-state index in [9.17, 15) is 4.79 Å². The van der Waals surface area contributed by atoms with Gasteiger partial charge in [-0.05, 0) is 37.8 Å². The summed E-state index contributed by atoms with van der Waals surface area (Å²) in [4.78, 5) is 20.3. The monoisotopic (exact) mass is 316 g/mol. The number of rotatable bonds is 4. The van der Waals surface area contributed by atoms with E-state index in [-0.39, 0.29) is 5.91 Å². The summed E-state index contributed by atoms with van der Waals surface area (Å²) in [6.45, 7) is 2.98. The van der Waals surface area contributed by atoms with Gasteiger partial charge in [-0.25, -0.2) is 0 Å². The molecule has 0 spiro atoms. The van der Waals surface area contributed by atoms with Gasteiger partial charge in [-0.2, -0.15) is 0 Å². The van der Waals surface area contributed by atoms with Crippen LogP contribution in [0.2, 0.25) is 0 Å². The quantitative estimate of drug-likeness (QED) is 0.858. The summed E-state index contributed by atoms with van der Waals surface area (Å²) in [5.74, 6) is 0.831. The van der Waals surface area contributed by atoms with Crippen molar-refractivity contribution in [2.75, 3.05) is 13.7 Å². The largest absolute Gasteiger partial charge is 0.496 e. The van der Waals surface area contributed by atoms with Crippen molar-refractivity contribution in [2.24, 2.45) is 5.16 Å².